The fourth-order valence-electron chi connectivity index (χ4n) is 2.89. The number of pyridine rings is 1. The van der Waals surface area contributed by atoms with Crippen molar-refractivity contribution in [2.45, 2.75) is 13.0 Å². The third-order valence-corrected chi connectivity index (χ3v) is 4.12. The van der Waals surface area contributed by atoms with E-state index < -0.39 is 0 Å². The Morgan fingerprint density at radius 3 is 2.92 bits per heavy atom. The second-order valence-electron chi connectivity index (χ2n) is 5.77. The fraction of sp³-hybridized carbons (Fsp3) is 0.105. The third kappa shape index (κ3) is 3.14. The van der Waals surface area contributed by atoms with Crippen LogP contribution >= 0.6 is 0 Å². The summed E-state index contributed by atoms with van der Waals surface area (Å²) in [4.78, 5) is 24.0. The number of rotatable bonds is 5. The van der Waals surface area contributed by atoms with E-state index in [1.807, 2.05) is 53.4 Å². The van der Waals surface area contributed by atoms with Gasteiger partial charge < -0.3 is 10.3 Å². The largest absolute Gasteiger partial charge is 0.361 e. The molecule has 25 heavy (non-hydrogen) atoms. The molecule has 1 aromatic carbocycles. The van der Waals surface area contributed by atoms with Crippen LogP contribution in [0.4, 0.5) is 0 Å². The van der Waals surface area contributed by atoms with Gasteiger partial charge in [0.05, 0.1) is 6.42 Å². The number of carbonyl (C=O) groups is 1. The first-order valence-corrected chi connectivity index (χ1v) is 8.05. The SMILES string of the molecule is O=C(Cc1c[nH]c2ccccc12)NCc1cccnc1-n1ccnc1. The zero-order valence-electron chi connectivity index (χ0n) is 13.5. The average Bonchev–Trinajstić information content (AvgIpc) is 3.31. The molecule has 0 spiro atoms. The minimum absolute atomic E-state index is 0.0230. The Bertz CT molecular complexity index is 1000. The molecule has 6 nitrogen and oxygen atoms in total. The van der Waals surface area contributed by atoms with Crippen LogP contribution in [0, 0.1) is 0 Å². The Kier molecular flexibility index (Phi) is 4.00. The Balaban J connectivity index is 1.46. The summed E-state index contributed by atoms with van der Waals surface area (Å²) < 4.78 is 1.83. The zero-order chi connectivity index (χ0) is 17.1. The van der Waals surface area contributed by atoms with Crippen molar-refractivity contribution < 1.29 is 4.79 Å². The van der Waals surface area contributed by atoms with Crippen molar-refractivity contribution >= 4 is 16.8 Å². The molecule has 0 atom stereocenters. The second kappa shape index (κ2) is 6.60. The Hall–Kier alpha value is -3.41. The first kappa shape index (κ1) is 15.1. The predicted octanol–water partition coefficient (Wildman–Crippen LogP) is 2.61. The maximum Gasteiger partial charge on any atom is 0.224 e. The summed E-state index contributed by atoms with van der Waals surface area (Å²) in [6.45, 7) is 0.419. The topological polar surface area (TPSA) is 75.6 Å². The Morgan fingerprint density at radius 1 is 1.12 bits per heavy atom. The van der Waals surface area contributed by atoms with E-state index in [0.717, 1.165) is 27.8 Å². The van der Waals surface area contributed by atoms with Crippen LogP contribution in [0.25, 0.3) is 16.7 Å². The maximum absolute atomic E-state index is 12.4. The van der Waals surface area contributed by atoms with Crippen molar-refractivity contribution in [1.29, 1.82) is 0 Å². The quantitative estimate of drug-likeness (QED) is 0.590. The summed E-state index contributed by atoms with van der Waals surface area (Å²) >= 11 is 0. The van der Waals surface area contributed by atoms with Crippen molar-refractivity contribution in [3.05, 3.63) is 78.6 Å². The first-order chi connectivity index (χ1) is 12.3. The number of nitrogens with zero attached hydrogens (tertiary/aromatic N) is 3. The van der Waals surface area contributed by atoms with E-state index >= 15 is 0 Å². The molecule has 124 valence electrons. The highest BCUT2D eigenvalue weighted by Crippen LogP contribution is 2.18. The second-order valence-corrected chi connectivity index (χ2v) is 5.77. The lowest BCUT2D eigenvalue weighted by molar-refractivity contribution is -0.120. The minimum Gasteiger partial charge on any atom is -0.361 e. The number of hydrogen-bond acceptors (Lipinski definition) is 3. The molecular formula is C19H17N5O. The Morgan fingerprint density at radius 2 is 2.04 bits per heavy atom. The molecular weight excluding hydrogens is 314 g/mol. The van der Waals surface area contributed by atoms with Gasteiger partial charge in [0.1, 0.15) is 12.1 Å². The highest BCUT2D eigenvalue weighted by molar-refractivity contribution is 5.88. The first-order valence-electron chi connectivity index (χ1n) is 8.05. The van der Waals surface area contributed by atoms with Gasteiger partial charge >= 0.3 is 0 Å². The summed E-state index contributed by atoms with van der Waals surface area (Å²) in [6, 6.07) is 11.8. The molecule has 1 amide bonds. The number of amides is 1. The lowest BCUT2D eigenvalue weighted by Crippen LogP contribution is -2.25. The van der Waals surface area contributed by atoms with Crippen LogP contribution < -0.4 is 5.32 Å². The van der Waals surface area contributed by atoms with E-state index in [9.17, 15) is 4.79 Å². The Labute approximate surface area is 144 Å². The molecule has 4 aromatic rings. The van der Waals surface area contributed by atoms with E-state index in [4.69, 9.17) is 0 Å². The molecule has 0 saturated heterocycles. The molecule has 0 aliphatic carbocycles. The molecule has 3 aromatic heterocycles. The summed E-state index contributed by atoms with van der Waals surface area (Å²) in [7, 11) is 0. The van der Waals surface area contributed by atoms with Gasteiger partial charge in [0, 0.05) is 47.8 Å². The third-order valence-electron chi connectivity index (χ3n) is 4.12. The van der Waals surface area contributed by atoms with Gasteiger partial charge in [0.2, 0.25) is 5.91 Å². The lowest BCUT2D eigenvalue weighted by atomic mass is 10.1. The monoisotopic (exact) mass is 331 g/mol. The fourth-order valence-corrected chi connectivity index (χ4v) is 2.89. The summed E-state index contributed by atoms with van der Waals surface area (Å²) in [5.41, 5.74) is 2.97. The molecule has 2 N–H and O–H groups in total. The number of carbonyl (C=O) groups excluding carboxylic acids is 1. The molecule has 0 radical (unpaired) electrons. The molecule has 0 bridgehead atoms. The number of hydrogen-bond donors (Lipinski definition) is 2. The van der Waals surface area contributed by atoms with Gasteiger partial charge in [-0.15, -0.1) is 0 Å². The standard InChI is InChI=1S/C19H17N5O/c25-18(10-15-12-22-17-6-2-1-5-16(15)17)23-11-14-4-3-7-21-19(14)24-9-8-20-13-24/h1-9,12-13,22H,10-11H2,(H,23,25). The number of benzene rings is 1. The summed E-state index contributed by atoms with van der Waals surface area (Å²) in [5.74, 6) is 0.748. The highest BCUT2D eigenvalue weighted by Gasteiger charge is 2.10. The van der Waals surface area contributed by atoms with Gasteiger partial charge in [-0.3, -0.25) is 9.36 Å². The normalized spacial score (nSPS) is 10.9. The number of aromatic nitrogens is 4. The molecule has 0 aliphatic heterocycles. The smallest absolute Gasteiger partial charge is 0.224 e. The molecule has 3 heterocycles. The van der Waals surface area contributed by atoms with E-state index in [1.54, 1.807) is 18.7 Å². The summed E-state index contributed by atoms with van der Waals surface area (Å²) in [6.07, 6.45) is 9.19. The predicted molar refractivity (Wildman–Crippen MR) is 95.2 cm³/mol. The molecule has 0 unspecified atom stereocenters. The highest BCUT2D eigenvalue weighted by atomic mass is 16.1. The molecule has 4 rings (SSSR count). The number of nitrogens with one attached hydrogen (secondary N) is 2. The number of H-pyrrole nitrogens is 1. The van der Waals surface area contributed by atoms with Crippen LogP contribution in [0.3, 0.4) is 0 Å². The van der Waals surface area contributed by atoms with Crippen LogP contribution in [-0.4, -0.2) is 25.4 Å². The van der Waals surface area contributed by atoms with E-state index in [-0.39, 0.29) is 5.91 Å². The maximum atomic E-state index is 12.4. The van der Waals surface area contributed by atoms with Gasteiger partial charge in [0.15, 0.2) is 0 Å². The zero-order valence-corrected chi connectivity index (χ0v) is 13.5. The van der Waals surface area contributed by atoms with Crippen molar-refractivity contribution in [1.82, 2.24) is 24.8 Å². The number of para-hydroxylation sites is 1. The van der Waals surface area contributed by atoms with E-state index in [2.05, 4.69) is 20.3 Å². The van der Waals surface area contributed by atoms with Crippen molar-refractivity contribution in [3.63, 3.8) is 0 Å². The van der Waals surface area contributed by atoms with Gasteiger partial charge in [-0.1, -0.05) is 24.3 Å². The lowest BCUT2D eigenvalue weighted by Gasteiger charge is -2.10. The molecule has 0 aliphatic rings. The van der Waals surface area contributed by atoms with Gasteiger partial charge in [-0.05, 0) is 17.7 Å². The number of fused-ring (bicyclic) bond motifs is 1. The van der Waals surface area contributed by atoms with Crippen LogP contribution in [0.5, 0.6) is 0 Å². The van der Waals surface area contributed by atoms with Crippen LogP contribution in [-0.2, 0) is 17.8 Å². The van der Waals surface area contributed by atoms with Gasteiger partial charge in [0.25, 0.3) is 0 Å². The van der Waals surface area contributed by atoms with Gasteiger partial charge in [-0.2, -0.15) is 0 Å². The molecule has 0 saturated carbocycles. The van der Waals surface area contributed by atoms with Crippen molar-refractivity contribution in [2.24, 2.45) is 0 Å². The van der Waals surface area contributed by atoms with Crippen LogP contribution in [0.15, 0.2) is 67.5 Å². The van der Waals surface area contributed by atoms with Gasteiger partial charge in [-0.25, -0.2) is 9.97 Å². The molecule has 0 fully saturated rings. The van der Waals surface area contributed by atoms with E-state index in [1.165, 1.54) is 0 Å². The van der Waals surface area contributed by atoms with Crippen molar-refractivity contribution in [2.75, 3.05) is 0 Å². The van der Waals surface area contributed by atoms with Crippen molar-refractivity contribution in [3.8, 4) is 5.82 Å². The number of imidazole rings is 1. The van der Waals surface area contributed by atoms with E-state index in [0.29, 0.717) is 13.0 Å². The number of aromatic amines is 1. The summed E-state index contributed by atoms with van der Waals surface area (Å²) in [5, 5.41) is 4.06. The average molecular weight is 331 g/mol. The van der Waals surface area contributed by atoms with Crippen LogP contribution in [0.2, 0.25) is 0 Å². The molecule has 6 heteroatoms. The minimum atomic E-state index is -0.0230. The van der Waals surface area contributed by atoms with Crippen LogP contribution in [0.1, 0.15) is 11.1 Å².